The average Bonchev–Trinajstić information content (AvgIpc) is 2.95. The van der Waals surface area contributed by atoms with Gasteiger partial charge in [-0.25, -0.2) is 10.5 Å². The lowest BCUT2D eigenvalue weighted by atomic mass is 10.1. The number of benzene rings is 1. The third-order valence-electron chi connectivity index (χ3n) is 2.47. The molecule has 7 nitrogen and oxygen atoms in total. The van der Waals surface area contributed by atoms with E-state index in [4.69, 9.17) is 19.1 Å². The van der Waals surface area contributed by atoms with Gasteiger partial charge in [0.2, 0.25) is 0 Å². The van der Waals surface area contributed by atoms with Gasteiger partial charge >= 0.3 is 5.91 Å². The fourth-order valence-corrected chi connectivity index (χ4v) is 1.55. The second-order valence-corrected chi connectivity index (χ2v) is 3.54. The van der Waals surface area contributed by atoms with E-state index >= 15 is 0 Å². The zero-order valence-corrected chi connectivity index (χ0v) is 10.3. The molecule has 2 N–H and O–H groups in total. The van der Waals surface area contributed by atoms with E-state index in [1.54, 1.807) is 18.2 Å². The molecule has 0 saturated carbocycles. The minimum Gasteiger partial charge on any atom is -0.493 e. The van der Waals surface area contributed by atoms with Crippen molar-refractivity contribution in [2.75, 3.05) is 14.2 Å². The number of hydrogen-bond donors (Lipinski definition) is 2. The Morgan fingerprint density at radius 1 is 1.32 bits per heavy atom. The number of hydrogen-bond acceptors (Lipinski definition) is 6. The molecule has 2 rings (SSSR count). The number of nitrogens with zero attached hydrogens (tertiary/aromatic N) is 1. The molecule has 1 amide bonds. The lowest BCUT2D eigenvalue weighted by molar-refractivity contribution is 0.0669. The van der Waals surface area contributed by atoms with E-state index in [9.17, 15) is 4.79 Å². The van der Waals surface area contributed by atoms with Crippen molar-refractivity contribution in [1.82, 2.24) is 10.5 Å². The molecule has 19 heavy (non-hydrogen) atoms. The maximum atomic E-state index is 11.1. The third-order valence-corrected chi connectivity index (χ3v) is 2.47. The second kappa shape index (κ2) is 5.40. The predicted octanol–water partition coefficient (Wildman–Crippen LogP) is 1.48. The first-order valence-corrected chi connectivity index (χ1v) is 5.32. The van der Waals surface area contributed by atoms with Gasteiger partial charge in [0, 0.05) is 5.56 Å². The van der Waals surface area contributed by atoms with Gasteiger partial charge in [0.05, 0.1) is 20.4 Å². The fraction of sp³-hybridized carbons (Fsp3) is 0.167. The van der Waals surface area contributed by atoms with Gasteiger partial charge in [0.1, 0.15) is 0 Å². The van der Waals surface area contributed by atoms with Gasteiger partial charge in [0.25, 0.3) is 5.89 Å². The number of hydroxylamine groups is 1. The number of nitrogens with one attached hydrogen (secondary N) is 1. The normalized spacial score (nSPS) is 10.1. The van der Waals surface area contributed by atoms with Crippen LogP contribution in [0.1, 0.15) is 10.7 Å². The summed E-state index contributed by atoms with van der Waals surface area (Å²) in [4.78, 5) is 14.9. The van der Waals surface area contributed by atoms with Crippen LogP contribution in [0.5, 0.6) is 11.5 Å². The van der Waals surface area contributed by atoms with Crippen LogP contribution in [0.4, 0.5) is 0 Å². The Labute approximate surface area is 108 Å². The van der Waals surface area contributed by atoms with Crippen molar-refractivity contribution >= 4 is 5.91 Å². The fourth-order valence-electron chi connectivity index (χ4n) is 1.55. The Balaban J connectivity index is 2.36. The largest absolute Gasteiger partial charge is 0.493 e. The first-order valence-electron chi connectivity index (χ1n) is 5.32. The summed E-state index contributed by atoms with van der Waals surface area (Å²) < 4.78 is 15.5. The van der Waals surface area contributed by atoms with E-state index in [0.717, 1.165) is 0 Å². The number of rotatable bonds is 4. The van der Waals surface area contributed by atoms with Crippen molar-refractivity contribution in [3.8, 4) is 22.8 Å². The summed E-state index contributed by atoms with van der Waals surface area (Å²) in [5, 5.41) is 8.48. The van der Waals surface area contributed by atoms with Crippen LogP contribution in [-0.4, -0.2) is 30.3 Å². The minimum absolute atomic E-state index is 0.229. The van der Waals surface area contributed by atoms with E-state index in [2.05, 4.69) is 4.98 Å². The molecule has 0 saturated heterocycles. The molecule has 0 bridgehead atoms. The van der Waals surface area contributed by atoms with E-state index in [1.807, 2.05) is 0 Å². The Kier molecular flexibility index (Phi) is 3.67. The van der Waals surface area contributed by atoms with Crippen molar-refractivity contribution in [1.29, 1.82) is 0 Å². The Morgan fingerprint density at radius 3 is 2.68 bits per heavy atom. The highest BCUT2D eigenvalue weighted by Crippen LogP contribution is 2.32. The van der Waals surface area contributed by atoms with E-state index in [1.165, 1.54) is 25.9 Å². The van der Waals surface area contributed by atoms with Gasteiger partial charge in [-0.15, -0.1) is 0 Å². The van der Waals surface area contributed by atoms with Crippen LogP contribution in [0.25, 0.3) is 11.3 Å². The van der Waals surface area contributed by atoms with Crippen molar-refractivity contribution in [2.24, 2.45) is 0 Å². The first-order chi connectivity index (χ1) is 9.19. The van der Waals surface area contributed by atoms with Crippen molar-refractivity contribution in [3.05, 3.63) is 30.3 Å². The molecule has 0 fully saturated rings. The van der Waals surface area contributed by atoms with Crippen LogP contribution in [0.3, 0.4) is 0 Å². The van der Waals surface area contributed by atoms with E-state index in [0.29, 0.717) is 22.8 Å². The van der Waals surface area contributed by atoms with Crippen LogP contribution >= 0.6 is 0 Å². The summed E-state index contributed by atoms with van der Waals surface area (Å²) >= 11 is 0. The molecule has 0 atom stereocenters. The molecule has 100 valence electrons. The first kappa shape index (κ1) is 12.9. The highest BCUT2D eigenvalue weighted by molar-refractivity contribution is 5.89. The smallest absolute Gasteiger partial charge is 0.330 e. The maximum absolute atomic E-state index is 11.1. The molecule has 0 spiro atoms. The molecule has 0 radical (unpaired) electrons. The zero-order chi connectivity index (χ0) is 13.8. The Hall–Kier alpha value is -2.54. The van der Waals surface area contributed by atoms with Crippen LogP contribution in [0.2, 0.25) is 0 Å². The molecule has 0 aliphatic rings. The Morgan fingerprint density at radius 2 is 2.05 bits per heavy atom. The quantitative estimate of drug-likeness (QED) is 0.641. The van der Waals surface area contributed by atoms with Crippen LogP contribution in [0.15, 0.2) is 28.8 Å². The number of carbonyl (C=O) groups excluding carboxylic acids is 1. The van der Waals surface area contributed by atoms with E-state index in [-0.39, 0.29) is 5.89 Å². The highest BCUT2D eigenvalue weighted by atomic mass is 16.5. The Bertz CT molecular complexity index is 594. The zero-order valence-electron chi connectivity index (χ0n) is 10.3. The van der Waals surface area contributed by atoms with E-state index < -0.39 is 5.91 Å². The summed E-state index contributed by atoms with van der Waals surface area (Å²) in [6.07, 6.45) is 1.38. The monoisotopic (exact) mass is 264 g/mol. The van der Waals surface area contributed by atoms with Crippen LogP contribution in [0, 0.1) is 0 Å². The molecule has 2 aromatic rings. The molecule has 0 unspecified atom stereocenters. The van der Waals surface area contributed by atoms with Crippen LogP contribution in [-0.2, 0) is 0 Å². The van der Waals surface area contributed by atoms with Gasteiger partial charge in [0.15, 0.2) is 17.3 Å². The molecule has 1 aromatic carbocycles. The van der Waals surface area contributed by atoms with Crippen LogP contribution < -0.4 is 15.0 Å². The molecular weight excluding hydrogens is 252 g/mol. The molecule has 7 heteroatoms. The summed E-state index contributed by atoms with van der Waals surface area (Å²) in [6, 6.07) is 5.14. The standard InChI is InChI=1S/C12H12N2O5/c1-17-8-4-3-7(5-9(8)18-2)10-6-13-12(19-10)11(15)14-16/h3-6,16H,1-2H3,(H,14,15). The topological polar surface area (TPSA) is 93.8 Å². The molecule has 0 aliphatic heterocycles. The van der Waals surface area contributed by atoms with Gasteiger partial charge in [-0.05, 0) is 18.2 Å². The average molecular weight is 264 g/mol. The SMILES string of the molecule is COc1ccc(-c2cnc(C(=O)NO)o2)cc1OC. The summed E-state index contributed by atoms with van der Waals surface area (Å²) in [6.45, 7) is 0. The lowest BCUT2D eigenvalue weighted by Gasteiger charge is -2.07. The van der Waals surface area contributed by atoms with Gasteiger partial charge < -0.3 is 13.9 Å². The van der Waals surface area contributed by atoms with Gasteiger partial charge in [-0.3, -0.25) is 10.0 Å². The molecule has 1 heterocycles. The minimum atomic E-state index is -0.813. The molecule has 1 aromatic heterocycles. The molecular formula is C12H12N2O5. The third kappa shape index (κ3) is 2.50. The van der Waals surface area contributed by atoms with Crippen molar-refractivity contribution < 1.29 is 23.9 Å². The van der Waals surface area contributed by atoms with Gasteiger partial charge in [-0.1, -0.05) is 0 Å². The summed E-state index contributed by atoms with van der Waals surface area (Å²) in [7, 11) is 3.06. The lowest BCUT2D eigenvalue weighted by Crippen LogP contribution is -2.18. The summed E-state index contributed by atoms with van der Waals surface area (Å²) in [5.41, 5.74) is 2.12. The highest BCUT2D eigenvalue weighted by Gasteiger charge is 2.14. The number of methoxy groups -OCH3 is 2. The number of amides is 1. The molecule has 0 aliphatic carbocycles. The summed E-state index contributed by atoms with van der Waals surface area (Å²) in [5.74, 6) is 0.446. The number of oxazole rings is 1. The second-order valence-electron chi connectivity index (χ2n) is 3.54. The maximum Gasteiger partial charge on any atom is 0.330 e. The number of carbonyl (C=O) groups is 1. The van der Waals surface area contributed by atoms with Gasteiger partial charge in [-0.2, -0.15) is 0 Å². The predicted molar refractivity (Wildman–Crippen MR) is 64.3 cm³/mol. The number of ether oxygens (including phenoxy) is 2. The van der Waals surface area contributed by atoms with Crippen molar-refractivity contribution in [2.45, 2.75) is 0 Å². The number of aromatic nitrogens is 1. The van der Waals surface area contributed by atoms with Crippen molar-refractivity contribution in [3.63, 3.8) is 0 Å².